The van der Waals surface area contributed by atoms with Crippen molar-refractivity contribution in [3.63, 3.8) is 0 Å². The maximum absolute atomic E-state index is 11.9. The molecule has 0 saturated heterocycles. The van der Waals surface area contributed by atoms with Gasteiger partial charge >= 0.3 is 5.97 Å². The van der Waals surface area contributed by atoms with Crippen molar-refractivity contribution in [2.45, 2.75) is 13.8 Å². The van der Waals surface area contributed by atoms with Crippen molar-refractivity contribution in [3.05, 3.63) is 52.4 Å². The lowest BCUT2D eigenvalue weighted by Gasteiger charge is -2.07. The molecule has 0 aliphatic heterocycles. The number of halogens is 1. The zero-order chi connectivity index (χ0) is 15.7. The Balaban J connectivity index is 2.14. The highest BCUT2D eigenvalue weighted by Crippen LogP contribution is 2.26. The number of hydrogen-bond acceptors (Lipinski definition) is 4. The Labute approximate surface area is 136 Å². The average molecular weight is 360 g/mol. The number of carbonyl (C=O) groups excluding carboxylic acids is 1. The third-order valence-electron chi connectivity index (χ3n) is 3.40. The second kappa shape index (κ2) is 5.88. The van der Waals surface area contributed by atoms with Gasteiger partial charge in [0, 0.05) is 16.2 Å². The van der Waals surface area contributed by atoms with Gasteiger partial charge in [-0.3, -0.25) is 0 Å². The Morgan fingerprint density at radius 3 is 2.91 bits per heavy atom. The van der Waals surface area contributed by atoms with Crippen LogP contribution < -0.4 is 0 Å². The number of nitrogens with zero attached hydrogens (tertiary/aromatic N) is 3. The van der Waals surface area contributed by atoms with E-state index in [1.807, 2.05) is 31.2 Å². The lowest BCUT2D eigenvalue weighted by atomic mass is 10.1. The van der Waals surface area contributed by atoms with Gasteiger partial charge in [-0.25, -0.2) is 14.3 Å². The summed E-state index contributed by atoms with van der Waals surface area (Å²) in [5.41, 5.74) is 3.78. The van der Waals surface area contributed by atoms with Crippen molar-refractivity contribution in [1.82, 2.24) is 14.6 Å². The molecule has 3 aromatic rings. The SMILES string of the molecule is CCOC(=O)c1cnc2c(-c3cccc(Br)c3)cnn2c1C. The molecule has 0 N–H and O–H groups in total. The summed E-state index contributed by atoms with van der Waals surface area (Å²) < 4.78 is 7.70. The Kier molecular flexibility index (Phi) is 3.94. The fraction of sp³-hybridized carbons (Fsp3) is 0.188. The van der Waals surface area contributed by atoms with Crippen LogP contribution >= 0.6 is 15.9 Å². The van der Waals surface area contributed by atoms with Gasteiger partial charge in [-0.05, 0) is 31.5 Å². The Bertz CT molecular complexity index is 858. The predicted octanol–water partition coefficient (Wildman–Crippen LogP) is 3.64. The smallest absolute Gasteiger partial charge is 0.341 e. The molecule has 2 aromatic heterocycles. The number of rotatable bonds is 3. The van der Waals surface area contributed by atoms with Crippen molar-refractivity contribution in [2.75, 3.05) is 6.61 Å². The molecule has 0 radical (unpaired) electrons. The minimum atomic E-state index is -0.381. The van der Waals surface area contributed by atoms with E-state index in [-0.39, 0.29) is 5.97 Å². The molecule has 0 aliphatic carbocycles. The molecular formula is C16H14BrN3O2. The molecule has 0 bridgehead atoms. The molecule has 0 fully saturated rings. The van der Waals surface area contributed by atoms with E-state index in [0.717, 1.165) is 15.6 Å². The van der Waals surface area contributed by atoms with Crippen LogP contribution in [0.1, 0.15) is 23.0 Å². The van der Waals surface area contributed by atoms with E-state index in [4.69, 9.17) is 4.74 Å². The molecule has 0 atom stereocenters. The standard InChI is InChI=1S/C16H14BrN3O2/c1-3-22-16(21)13-8-18-15-14(9-19-20(15)10(13)2)11-5-4-6-12(17)7-11/h4-9H,3H2,1-2H3. The number of ether oxygens (including phenoxy) is 1. The summed E-state index contributed by atoms with van der Waals surface area (Å²) in [7, 11) is 0. The quantitative estimate of drug-likeness (QED) is 0.669. The topological polar surface area (TPSA) is 56.5 Å². The molecule has 0 saturated carbocycles. The minimum Gasteiger partial charge on any atom is -0.462 e. The van der Waals surface area contributed by atoms with E-state index in [1.54, 1.807) is 23.8 Å². The fourth-order valence-corrected chi connectivity index (χ4v) is 2.71. The van der Waals surface area contributed by atoms with Crippen LogP contribution in [0.2, 0.25) is 0 Å². The molecule has 22 heavy (non-hydrogen) atoms. The molecule has 112 valence electrons. The van der Waals surface area contributed by atoms with Crippen LogP contribution in [-0.4, -0.2) is 27.2 Å². The van der Waals surface area contributed by atoms with Gasteiger partial charge in [0.15, 0.2) is 5.65 Å². The third-order valence-corrected chi connectivity index (χ3v) is 3.89. The third kappa shape index (κ3) is 2.50. The second-order valence-electron chi connectivity index (χ2n) is 4.78. The van der Waals surface area contributed by atoms with Gasteiger partial charge in [0.1, 0.15) is 0 Å². The number of carbonyl (C=O) groups is 1. The molecule has 1 aromatic carbocycles. The van der Waals surface area contributed by atoms with Crippen LogP contribution in [0.3, 0.4) is 0 Å². The molecule has 0 unspecified atom stereocenters. The predicted molar refractivity (Wildman–Crippen MR) is 86.8 cm³/mol. The van der Waals surface area contributed by atoms with Crippen LogP contribution in [0.4, 0.5) is 0 Å². The first kappa shape index (κ1) is 14.7. The monoisotopic (exact) mass is 359 g/mol. The number of hydrogen-bond donors (Lipinski definition) is 0. The molecular weight excluding hydrogens is 346 g/mol. The minimum absolute atomic E-state index is 0.332. The van der Waals surface area contributed by atoms with Gasteiger partial charge < -0.3 is 4.74 Å². The van der Waals surface area contributed by atoms with Crippen molar-refractivity contribution in [2.24, 2.45) is 0 Å². The van der Waals surface area contributed by atoms with Crippen LogP contribution in [0.5, 0.6) is 0 Å². The summed E-state index contributed by atoms with van der Waals surface area (Å²) in [5.74, 6) is -0.381. The molecule has 6 heteroatoms. The maximum atomic E-state index is 11.9. The van der Waals surface area contributed by atoms with E-state index in [1.165, 1.54) is 0 Å². The van der Waals surface area contributed by atoms with Gasteiger partial charge in [-0.1, -0.05) is 28.1 Å². The number of benzene rings is 1. The largest absolute Gasteiger partial charge is 0.462 e. The lowest BCUT2D eigenvalue weighted by Crippen LogP contribution is -2.11. The van der Waals surface area contributed by atoms with Gasteiger partial charge in [0.05, 0.1) is 24.1 Å². The number of esters is 1. The van der Waals surface area contributed by atoms with Gasteiger partial charge in [-0.2, -0.15) is 5.10 Å². The normalized spacial score (nSPS) is 10.9. The zero-order valence-corrected chi connectivity index (χ0v) is 13.8. The first-order valence-corrected chi connectivity index (χ1v) is 7.67. The summed E-state index contributed by atoms with van der Waals surface area (Å²) in [6, 6.07) is 7.93. The number of aromatic nitrogens is 3. The second-order valence-corrected chi connectivity index (χ2v) is 5.70. The van der Waals surface area contributed by atoms with Crippen LogP contribution in [0, 0.1) is 6.92 Å². The van der Waals surface area contributed by atoms with E-state index in [2.05, 4.69) is 26.0 Å². The summed E-state index contributed by atoms with van der Waals surface area (Å²) in [5, 5.41) is 4.36. The molecule has 0 spiro atoms. The first-order chi connectivity index (χ1) is 10.6. The van der Waals surface area contributed by atoms with Crippen molar-refractivity contribution >= 4 is 27.5 Å². The van der Waals surface area contributed by atoms with Gasteiger partial charge in [0.25, 0.3) is 0 Å². The van der Waals surface area contributed by atoms with Crippen LogP contribution in [-0.2, 0) is 4.74 Å². The van der Waals surface area contributed by atoms with Gasteiger partial charge in [-0.15, -0.1) is 0 Å². The highest BCUT2D eigenvalue weighted by Gasteiger charge is 2.16. The van der Waals surface area contributed by atoms with E-state index in [0.29, 0.717) is 23.5 Å². The molecule has 2 heterocycles. The summed E-state index contributed by atoms with van der Waals surface area (Å²) in [4.78, 5) is 16.3. The van der Waals surface area contributed by atoms with Crippen molar-refractivity contribution < 1.29 is 9.53 Å². The summed E-state index contributed by atoms with van der Waals surface area (Å²) in [6.07, 6.45) is 3.30. The van der Waals surface area contributed by atoms with E-state index < -0.39 is 0 Å². The summed E-state index contributed by atoms with van der Waals surface area (Å²) in [6.45, 7) is 3.94. The molecule has 0 amide bonds. The zero-order valence-electron chi connectivity index (χ0n) is 12.2. The Hall–Kier alpha value is -2.21. The summed E-state index contributed by atoms with van der Waals surface area (Å²) >= 11 is 3.47. The molecule has 3 rings (SSSR count). The molecule has 5 nitrogen and oxygen atoms in total. The fourth-order valence-electron chi connectivity index (χ4n) is 2.31. The Morgan fingerprint density at radius 1 is 1.36 bits per heavy atom. The number of aryl methyl sites for hydroxylation is 1. The van der Waals surface area contributed by atoms with E-state index in [9.17, 15) is 4.79 Å². The van der Waals surface area contributed by atoms with E-state index >= 15 is 0 Å². The molecule has 0 aliphatic rings. The maximum Gasteiger partial charge on any atom is 0.341 e. The average Bonchev–Trinajstić information content (AvgIpc) is 2.92. The van der Waals surface area contributed by atoms with Gasteiger partial charge in [0.2, 0.25) is 0 Å². The van der Waals surface area contributed by atoms with Crippen molar-refractivity contribution in [1.29, 1.82) is 0 Å². The van der Waals surface area contributed by atoms with Crippen LogP contribution in [0.25, 0.3) is 16.8 Å². The highest BCUT2D eigenvalue weighted by molar-refractivity contribution is 9.10. The first-order valence-electron chi connectivity index (χ1n) is 6.88. The Morgan fingerprint density at radius 2 is 2.18 bits per heavy atom. The lowest BCUT2D eigenvalue weighted by molar-refractivity contribution is 0.0524. The van der Waals surface area contributed by atoms with Crippen molar-refractivity contribution in [3.8, 4) is 11.1 Å². The van der Waals surface area contributed by atoms with Crippen LogP contribution in [0.15, 0.2) is 41.1 Å². The number of fused-ring (bicyclic) bond motifs is 1. The highest BCUT2D eigenvalue weighted by atomic mass is 79.9.